The standard InChI is InChI=1S/C41H41N5O6/c1-7-26-20(2)29-19-34-38(35(47)14-10-24-8-11-25(12-9-24)46(50)51)22(4)31(43-34)17-30-21(3)27(13-15-37(49)52-6)40(44-30)28-16-36(48)39-23(5)32(45-41(28)39)18-33(26)42-29/h8-12,14,17-21,26-27,43,45H,7,13,15-16H2,1-6H3/b14-10+,29-19?,30-17?,31-17?,32-18?,33-18?,34-19?,40-28?/t20?,21-,26?,27-/m0/s1. The van der Waals surface area contributed by atoms with Crippen molar-refractivity contribution in [2.75, 3.05) is 7.11 Å². The lowest BCUT2D eigenvalue weighted by molar-refractivity contribution is -0.384. The van der Waals surface area contributed by atoms with E-state index in [1.165, 1.54) is 25.3 Å². The number of benzene rings is 1. The first-order valence-corrected chi connectivity index (χ1v) is 17.7. The summed E-state index contributed by atoms with van der Waals surface area (Å²) in [5.74, 6) is -0.526. The Hall–Kier alpha value is -5.71. The van der Waals surface area contributed by atoms with Crippen molar-refractivity contribution in [2.24, 2.45) is 0 Å². The van der Waals surface area contributed by atoms with Gasteiger partial charge in [-0.1, -0.05) is 26.8 Å². The lowest BCUT2D eigenvalue weighted by Gasteiger charge is -2.16. The highest BCUT2D eigenvalue weighted by Crippen LogP contribution is 2.45. The van der Waals surface area contributed by atoms with E-state index in [0.717, 1.165) is 62.4 Å². The van der Waals surface area contributed by atoms with E-state index in [1.54, 1.807) is 18.2 Å². The summed E-state index contributed by atoms with van der Waals surface area (Å²) in [5, 5.41) is 11.1. The maximum atomic E-state index is 14.0. The third-order valence-corrected chi connectivity index (χ3v) is 11.2. The van der Waals surface area contributed by atoms with Crippen molar-refractivity contribution < 1.29 is 24.0 Å². The summed E-state index contributed by atoms with van der Waals surface area (Å²) >= 11 is 0. The highest BCUT2D eigenvalue weighted by Gasteiger charge is 2.36. The molecule has 11 heteroatoms. The summed E-state index contributed by atoms with van der Waals surface area (Å²) in [6.07, 6.45) is 4.93. The monoisotopic (exact) mass is 699 g/mol. The summed E-state index contributed by atoms with van der Waals surface area (Å²) in [4.78, 5) is 68.1. The molecule has 7 rings (SSSR count). The smallest absolute Gasteiger partial charge is 0.305 e. The number of fused-ring (bicyclic) bond motifs is 8. The van der Waals surface area contributed by atoms with Gasteiger partial charge in [-0.3, -0.25) is 34.5 Å². The minimum atomic E-state index is -0.458. The number of hydrogen-bond acceptors (Lipinski definition) is 8. The van der Waals surface area contributed by atoms with Gasteiger partial charge in [0.1, 0.15) is 0 Å². The second-order valence-electron chi connectivity index (χ2n) is 14.1. The number of ether oxygens (including phenoxy) is 1. The van der Waals surface area contributed by atoms with E-state index in [0.29, 0.717) is 28.6 Å². The summed E-state index contributed by atoms with van der Waals surface area (Å²) in [7, 11) is 1.38. The summed E-state index contributed by atoms with van der Waals surface area (Å²) in [6.45, 7) is 10.2. The third-order valence-electron chi connectivity index (χ3n) is 11.2. The van der Waals surface area contributed by atoms with E-state index in [-0.39, 0.29) is 59.7 Å². The minimum Gasteiger partial charge on any atom is -0.469 e. The van der Waals surface area contributed by atoms with Crippen LogP contribution in [0.3, 0.4) is 0 Å². The van der Waals surface area contributed by atoms with Crippen LogP contribution in [-0.2, 0) is 16.0 Å². The highest BCUT2D eigenvalue weighted by atomic mass is 16.6. The van der Waals surface area contributed by atoms with Crippen molar-refractivity contribution in [2.45, 2.75) is 84.0 Å². The van der Waals surface area contributed by atoms with E-state index in [4.69, 9.17) is 14.7 Å². The van der Waals surface area contributed by atoms with E-state index in [2.05, 4.69) is 36.8 Å². The summed E-state index contributed by atoms with van der Waals surface area (Å²) in [5.41, 5.74) is 10.6. The van der Waals surface area contributed by atoms with Gasteiger partial charge in [-0.05, 0) is 79.8 Å². The van der Waals surface area contributed by atoms with Crippen LogP contribution in [0.2, 0.25) is 0 Å². The lowest BCUT2D eigenvalue weighted by Crippen LogP contribution is -2.09. The average molecular weight is 700 g/mol. The number of rotatable bonds is 8. The maximum absolute atomic E-state index is 14.0. The summed E-state index contributed by atoms with van der Waals surface area (Å²) in [6, 6.07) is 12.0. The number of H-pyrrole nitrogens is 2. The van der Waals surface area contributed by atoms with Crippen LogP contribution < -0.4 is 0 Å². The van der Waals surface area contributed by atoms with Crippen molar-refractivity contribution in [1.29, 1.82) is 0 Å². The van der Waals surface area contributed by atoms with Crippen LogP contribution in [-0.4, -0.2) is 49.5 Å². The average Bonchev–Trinajstić information content (AvgIpc) is 3.88. The molecule has 1 aromatic carbocycles. The molecule has 4 aromatic rings. The van der Waals surface area contributed by atoms with Crippen molar-refractivity contribution in [3.63, 3.8) is 0 Å². The molecular formula is C41H41N5O6. The number of esters is 1. The van der Waals surface area contributed by atoms with Gasteiger partial charge in [0.15, 0.2) is 11.6 Å². The molecule has 3 aromatic heterocycles. The molecule has 2 unspecified atom stereocenters. The number of aromatic amines is 2. The second-order valence-corrected chi connectivity index (χ2v) is 14.1. The van der Waals surface area contributed by atoms with Gasteiger partial charge in [-0.2, -0.15) is 0 Å². The van der Waals surface area contributed by atoms with Crippen LogP contribution in [0, 0.1) is 24.0 Å². The van der Waals surface area contributed by atoms with Crippen LogP contribution in [0.25, 0.3) is 28.1 Å². The molecule has 0 amide bonds. The molecule has 3 aliphatic rings. The molecule has 11 nitrogen and oxygen atoms in total. The van der Waals surface area contributed by atoms with Crippen molar-refractivity contribution in [1.82, 2.24) is 19.9 Å². The molecule has 5 heterocycles. The van der Waals surface area contributed by atoms with E-state index >= 15 is 0 Å². The third kappa shape index (κ3) is 5.93. The van der Waals surface area contributed by atoms with Gasteiger partial charge in [0.05, 0.1) is 34.3 Å². The number of nitrogens with zero attached hydrogens (tertiary/aromatic N) is 3. The number of nitro benzene ring substituents is 1. The van der Waals surface area contributed by atoms with Crippen LogP contribution in [0.1, 0.15) is 129 Å². The Bertz CT molecular complexity index is 2370. The van der Waals surface area contributed by atoms with Gasteiger partial charge in [0.2, 0.25) is 0 Å². The summed E-state index contributed by atoms with van der Waals surface area (Å²) < 4.78 is 4.98. The number of methoxy groups -OCH3 is 1. The first kappa shape index (κ1) is 34.7. The molecule has 2 N–H and O–H groups in total. The number of nitrogens with one attached hydrogen (secondary N) is 2. The molecule has 2 aliphatic heterocycles. The Labute approximate surface area is 300 Å². The van der Waals surface area contributed by atoms with Gasteiger partial charge in [0.25, 0.3) is 5.69 Å². The number of hydrogen-bond donors (Lipinski definition) is 2. The van der Waals surface area contributed by atoms with E-state index in [1.807, 2.05) is 26.0 Å². The predicted octanol–water partition coefficient (Wildman–Crippen LogP) is 8.61. The maximum Gasteiger partial charge on any atom is 0.305 e. The molecule has 266 valence electrons. The molecule has 0 saturated heterocycles. The Morgan fingerprint density at radius 1 is 0.942 bits per heavy atom. The number of Topliss-reactive ketones (excluding diaryl/α,β-unsaturated/α-hetero) is 1. The number of nitro groups is 1. The Morgan fingerprint density at radius 2 is 1.60 bits per heavy atom. The van der Waals surface area contributed by atoms with E-state index < -0.39 is 4.92 Å². The molecule has 8 bridgehead atoms. The second kappa shape index (κ2) is 13.4. The molecule has 0 spiro atoms. The first-order valence-electron chi connectivity index (χ1n) is 17.7. The van der Waals surface area contributed by atoms with Gasteiger partial charge in [-0.25, -0.2) is 0 Å². The van der Waals surface area contributed by atoms with Gasteiger partial charge < -0.3 is 14.7 Å². The van der Waals surface area contributed by atoms with Crippen molar-refractivity contribution in [3.05, 3.63) is 115 Å². The topological polar surface area (TPSA) is 161 Å². The molecule has 52 heavy (non-hydrogen) atoms. The molecule has 0 fully saturated rings. The normalized spacial score (nSPS) is 19.4. The van der Waals surface area contributed by atoms with Crippen LogP contribution >= 0.6 is 0 Å². The van der Waals surface area contributed by atoms with Crippen LogP contribution in [0.4, 0.5) is 5.69 Å². The van der Waals surface area contributed by atoms with Gasteiger partial charge >= 0.3 is 5.97 Å². The highest BCUT2D eigenvalue weighted by molar-refractivity contribution is 6.14. The predicted molar refractivity (Wildman–Crippen MR) is 199 cm³/mol. The fourth-order valence-corrected chi connectivity index (χ4v) is 8.15. The van der Waals surface area contributed by atoms with E-state index in [9.17, 15) is 24.5 Å². The quantitative estimate of drug-likeness (QED) is 0.0608. The van der Waals surface area contributed by atoms with Gasteiger partial charge in [-0.15, -0.1) is 0 Å². The molecule has 0 radical (unpaired) electrons. The number of aromatic nitrogens is 4. The SMILES string of the molecule is CCC1c2cc3[nH]c4c(c5nc(cc6[nH]c(cc(n2)C1C)c(C(=O)/C=C/c1ccc([N+](=O)[O-])cc1)c6C)[C@@H](C)[C@@H]5CCC(=O)OC)CC(=O)c4c3C. The largest absolute Gasteiger partial charge is 0.469 e. The molecule has 4 atom stereocenters. The number of carbonyl (C=O) groups is 3. The zero-order valence-corrected chi connectivity index (χ0v) is 30.1. The molecule has 1 aliphatic carbocycles. The Morgan fingerprint density at radius 3 is 2.29 bits per heavy atom. The van der Waals surface area contributed by atoms with Crippen molar-refractivity contribution >= 4 is 51.4 Å². The van der Waals surface area contributed by atoms with Crippen LogP contribution in [0.15, 0.2) is 48.5 Å². The number of aryl methyl sites for hydroxylation is 2. The van der Waals surface area contributed by atoms with Crippen molar-refractivity contribution in [3.8, 4) is 0 Å². The molecule has 0 saturated carbocycles. The van der Waals surface area contributed by atoms with Crippen LogP contribution in [0.5, 0.6) is 0 Å². The Kier molecular flexibility index (Phi) is 8.98. The molecular weight excluding hydrogens is 658 g/mol. The number of ketones is 2. The zero-order chi connectivity index (χ0) is 37.0. The number of non-ortho nitro benzene ring substituents is 1. The first-order chi connectivity index (χ1) is 24.9. The number of allylic oxidation sites excluding steroid dienone is 1. The minimum absolute atomic E-state index is 0.0233. The fourth-order valence-electron chi connectivity index (χ4n) is 8.15. The lowest BCUT2D eigenvalue weighted by atomic mass is 9.85. The zero-order valence-electron chi connectivity index (χ0n) is 30.1. The van der Waals surface area contributed by atoms with Gasteiger partial charge in [0, 0.05) is 87.9 Å². The fraction of sp³-hybridized carbons (Fsp3) is 0.341. The number of carbonyl (C=O) groups excluding carboxylic acids is 3. The Balaban J connectivity index is 1.48.